The van der Waals surface area contributed by atoms with Gasteiger partial charge >= 0.3 is 6.18 Å². The van der Waals surface area contributed by atoms with Crippen LogP contribution in [0.15, 0.2) is 18.2 Å². The molecule has 15 nitrogen and oxygen atoms in total. The number of halogens is 5. The topological polar surface area (TPSA) is 187 Å². The molecule has 1 aromatic carbocycles. The van der Waals surface area contributed by atoms with Crippen LogP contribution < -0.4 is 26.0 Å². The monoisotopic (exact) mass is 1010 g/mol. The third-order valence-electron chi connectivity index (χ3n) is 15.5. The lowest BCUT2D eigenvalue weighted by molar-refractivity contribution is -0.285. The van der Waals surface area contributed by atoms with E-state index in [0.717, 1.165) is 19.3 Å². The summed E-state index contributed by atoms with van der Waals surface area (Å²) in [5.41, 5.74) is -4.16. The zero-order valence-electron chi connectivity index (χ0n) is 41.2. The van der Waals surface area contributed by atoms with Crippen molar-refractivity contribution < 1.29 is 55.9 Å². The molecule has 0 unspecified atom stereocenters. The first-order valence-electron chi connectivity index (χ1n) is 25.0. The standard InChI is InChI=1S/C50H70ClF4N7O8/c1-28(2)20-34-43(66)61(6)36(22-31-21-32(51)15-16-38(31)70-25-29-11-12-29)42(65)59-47(3,4)45(68)56-19-8-7-10-35(40(63)57-34)60(5)44(67)39(30-13-14-30)58-41(64)37-23-33(52)24-62(37)46(69)49(50(53,54)55)26-48(27-49)17-9-18-48/h15-16,21,28-30,33-37,39H,7-14,17-20,22-27H2,1-6H3,(H,56,68)(H,57,63)(H,58,64)(H,59,65)/t33-,34+,35+,36+,37+,39+/m1/s1. The third kappa shape index (κ3) is 11.6. The Bertz CT molecular complexity index is 2170. The molecule has 0 aromatic heterocycles. The second-order valence-corrected chi connectivity index (χ2v) is 22.6. The first-order chi connectivity index (χ1) is 32.8. The lowest BCUT2D eigenvalue weighted by atomic mass is 9.44. The summed E-state index contributed by atoms with van der Waals surface area (Å²) in [7, 11) is 2.83. The number of amides is 7. The van der Waals surface area contributed by atoms with E-state index in [0.29, 0.717) is 72.3 Å². The van der Waals surface area contributed by atoms with E-state index in [4.69, 9.17) is 16.3 Å². The molecule has 2 saturated heterocycles. The van der Waals surface area contributed by atoms with Crippen LogP contribution in [0.1, 0.15) is 123 Å². The summed E-state index contributed by atoms with van der Waals surface area (Å²) in [5, 5.41) is 11.6. The van der Waals surface area contributed by atoms with Gasteiger partial charge in [-0.1, -0.05) is 31.9 Å². The first kappa shape index (κ1) is 53.1. The normalized spacial score (nSPS) is 27.7. The Balaban J connectivity index is 1.12. The van der Waals surface area contributed by atoms with Crippen molar-refractivity contribution in [3.63, 3.8) is 0 Å². The smallest absolute Gasteiger partial charge is 0.403 e. The summed E-state index contributed by atoms with van der Waals surface area (Å²) in [6.07, 6.45) is -2.21. The zero-order valence-corrected chi connectivity index (χ0v) is 41.9. The molecule has 4 aliphatic carbocycles. The molecule has 4 saturated carbocycles. The van der Waals surface area contributed by atoms with Gasteiger partial charge < -0.3 is 40.7 Å². The summed E-state index contributed by atoms with van der Waals surface area (Å²) in [6, 6.07) is -1.45. The number of alkyl halides is 4. The lowest BCUT2D eigenvalue weighted by Gasteiger charge is -2.60. The van der Waals surface area contributed by atoms with Crippen molar-refractivity contribution in [1.29, 1.82) is 0 Å². The van der Waals surface area contributed by atoms with E-state index in [2.05, 4.69) is 21.3 Å². The molecule has 1 spiro atoms. The van der Waals surface area contributed by atoms with Crippen LogP contribution in [0.4, 0.5) is 17.6 Å². The fourth-order valence-electron chi connectivity index (χ4n) is 10.8. The zero-order chi connectivity index (χ0) is 51.1. The van der Waals surface area contributed by atoms with E-state index in [-0.39, 0.29) is 31.7 Å². The summed E-state index contributed by atoms with van der Waals surface area (Å²) < 4.78 is 65.4. The first-order valence-corrected chi connectivity index (χ1v) is 25.4. The summed E-state index contributed by atoms with van der Waals surface area (Å²) in [6.45, 7) is 6.75. The molecule has 7 amide bonds. The number of likely N-dealkylation sites (tertiary alicyclic amines) is 1. The van der Waals surface area contributed by atoms with Crippen molar-refractivity contribution >= 4 is 53.0 Å². The molecule has 4 N–H and O–H groups in total. The summed E-state index contributed by atoms with van der Waals surface area (Å²) in [5.74, 6) is -5.05. The van der Waals surface area contributed by atoms with Gasteiger partial charge in [-0.2, -0.15) is 13.2 Å². The number of nitrogens with one attached hydrogen (secondary N) is 4. The third-order valence-corrected chi connectivity index (χ3v) is 15.8. The maximum Gasteiger partial charge on any atom is 0.403 e. The van der Waals surface area contributed by atoms with Crippen LogP contribution >= 0.6 is 11.6 Å². The predicted octanol–water partition coefficient (Wildman–Crippen LogP) is 5.40. The average molecular weight is 1010 g/mol. The number of ether oxygens (including phenoxy) is 1. The molecule has 0 bridgehead atoms. The number of rotatable bonds is 13. The molecule has 388 valence electrons. The Morgan fingerprint density at radius 2 is 1.67 bits per heavy atom. The van der Waals surface area contributed by atoms with E-state index >= 15 is 4.39 Å². The Labute approximate surface area is 412 Å². The number of carbonyl (C=O) groups excluding carboxylic acids is 7. The highest BCUT2D eigenvalue weighted by atomic mass is 35.5. The molecule has 7 rings (SSSR count). The maximum absolute atomic E-state index is 15.1. The van der Waals surface area contributed by atoms with Crippen LogP contribution in [0.5, 0.6) is 5.75 Å². The fourth-order valence-corrected chi connectivity index (χ4v) is 11.0. The Morgan fingerprint density at radius 1 is 0.986 bits per heavy atom. The molecular weight excluding hydrogens is 938 g/mol. The molecule has 0 radical (unpaired) electrons. The van der Waals surface area contributed by atoms with Gasteiger partial charge in [0.15, 0.2) is 0 Å². The van der Waals surface area contributed by atoms with Gasteiger partial charge in [-0.05, 0) is 138 Å². The number of hydrogen-bond acceptors (Lipinski definition) is 8. The van der Waals surface area contributed by atoms with Crippen molar-refractivity contribution in [3.8, 4) is 5.75 Å². The van der Waals surface area contributed by atoms with Gasteiger partial charge in [-0.25, -0.2) is 4.39 Å². The van der Waals surface area contributed by atoms with Crippen molar-refractivity contribution in [2.24, 2.45) is 28.6 Å². The number of benzene rings is 1. The minimum absolute atomic E-state index is 0.0598. The molecule has 1 aromatic rings. The second kappa shape index (κ2) is 20.8. The summed E-state index contributed by atoms with van der Waals surface area (Å²) in [4.78, 5) is 103. The Morgan fingerprint density at radius 3 is 2.27 bits per heavy atom. The van der Waals surface area contributed by atoms with Gasteiger partial charge in [0, 0.05) is 38.5 Å². The average Bonchev–Trinajstić information content (AvgIpc) is 4.20. The van der Waals surface area contributed by atoms with Crippen LogP contribution in [0.25, 0.3) is 0 Å². The van der Waals surface area contributed by atoms with E-state index in [1.807, 2.05) is 13.8 Å². The minimum Gasteiger partial charge on any atom is -0.493 e. The number of hydrogen-bond donors (Lipinski definition) is 4. The van der Waals surface area contributed by atoms with Gasteiger partial charge in [0.1, 0.15) is 53.1 Å². The number of carbonyl (C=O) groups is 7. The maximum atomic E-state index is 15.1. The fraction of sp³-hybridized carbons (Fsp3) is 0.740. The van der Waals surface area contributed by atoms with Crippen LogP contribution in [0, 0.1) is 28.6 Å². The second-order valence-electron chi connectivity index (χ2n) is 22.1. The molecule has 6 fully saturated rings. The lowest BCUT2D eigenvalue weighted by Crippen LogP contribution is -2.66. The quantitative estimate of drug-likeness (QED) is 0.189. The molecule has 20 heteroatoms. The molecule has 6 aliphatic rings. The molecule has 70 heavy (non-hydrogen) atoms. The Hall–Kier alpha value is -4.68. The highest BCUT2D eigenvalue weighted by Crippen LogP contribution is 2.69. The van der Waals surface area contributed by atoms with E-state index in [1.54, 1.807) is 32.0 Å². The van der Waals surface area contributed by atoms with Crippen LogP contribution in [-0.4, -0.2) is 138 Å². The molecule has 6 atom stereocenters. The molecular formula is C50H70ClF4N7O8. The van der Waals surface area contributed by atoms with Gasteiger partial charge in [0.25, 0.3) is 0 Å². The van der Waals surface area contributed by atoms with Crippen molar-refractivity contribution in [3.05, 3.63) is 28.8 Å². The number of nitrogens with zero attached hydrogens (tertiary/aromatic N) is 3. The van der Waals surface area contributed by atoms with E-state index in [1.165, 1.54) is 23.9 Å². The van der Waals surface area contributed by atoms with Crippen molar-refractivity contribution in [1.82, 2.24) is 36.0 Å². The summed E-state index contributed by atoms with van der Waals surface area (Å²) >= 11 is 6.46. The van der Waals surface area contributed by atoms with E-state index < -0.39 is 132 Å². The highest BCUT2D eigenvalue weighted by Gasteiger charge is 2.74. The largest absolute Gasteiger partial charge is 0.493 e. The molecule has 2 aliphatic heterocycles. The van der Waals surface area contributed by atoms with Gasteiger partial charge in [0.2, 0.25) is 41.4 Å². The van der Waals surface area contributed by atoms with E-state index in [9.17, 15) is 46.7 Å². The molecule has 2 heterocycles. The van der Waals surface area contributed by atoms with Crippen molar-refractivity contribution in [2.75, 3.05) is 33.8 Å². The minimum atomic E-state index is -4.90. The van der Waals surface area contributed by atoms with Gasteiger partial charge in [0.05, 0.1) is 13.2 Å². The SMILES string of the molecule is CC(C)C[C@@H]1NC(=O)[C@@H](N(C)C(=O)[C@@H](NC(=O)[C@@H]2C[C@@H](F)CN2C(=O)C2(C(F)(F)F)CC3(CCC3)C2)C2CC2)CCCCNC(=O)C(C)(C)NC(=O)[C@H](Cc2cc(Cl)ccc2OCC2CC2)N(C)C1=O. The number of likely N-dealkylation sites (N-methyl/N-ethyl adjacent to an activating group) is 2. The predicted molar refractivity (Wildman–Crippen MR) is 251 cm³/mol. The van der Waals surface area contributed by atoms with Crippen LogP contribution in [0.3, 0.4) is 0 Å². The Kier molecular flexibility index (Phi) is 15.8. The van der Waals surface area contributed by atoms with Crippen LogP contribution in [-0.2, 0) is 40.0 Å². The van der Waals surface area contributed by atoms with Gasteiger partial charge in [-0.3, -0.25) is 33.6 Å². The van der Waals surface area contributed by atoms with Crippen LogP contribution in [0.2, 0.25) is 5.02 Å². The van der Waals surface area contributed by atoms with Gasteiger partial charge in [-0.15, -0.1) is 0 Å². The van der Waals surface area contributed by atoms with Crippen molar-refractivity contribution in [2.45, 2.75) is 172 Å². The highest BCUT2D eigenvalue weighted by molar-refractivity contribution is 6.30.